The van der Waals surface area contributed by atoms with Crippen LogP contribution in [0.1, 0.15) is 13.3 Å². The van der Waals surface area contributed by atoms with E-state index in [0.717, 1.165) is 21.7 Å². The van der Waals surface area contributed by atoms with Crippen LogP contribution in [-0.4, -0.2) is 10.6 Å². The highest BCUT2D eigenvalue weighted by atomic mass is 79.9. The summed E-state index contributed by atoms with van der Waals surface area (Å²) in [5.41, 5.74) is 5.90. The largest absolute Gasteiger partial charge is 0.326 e. The monoisotopic (exact) mass is 294 g/mol. The zero-order valence-corrected chi connectivity index (χ0v) is 11.3. The second-order valence-corrected chi connectivity index (χ2v) is 5.09. The molecular weight excluding hydrogens is 280 g/mol. The number of nitrogens with two attached hydrogens (primary N) is 1. The first kappa shape index (κ1) is 12.3. The van der Waals surface area contributed by atoms with Crippen molar-refractivity contribution < 1.29 is 0 Å². The molecule has 3 nitrogen and oxygen atoms in total. The van der Waals surface area contributed by atoms with E-state index < -0.39 is 0 Å². The van der Waals surface area contributed by atoms with E-state index in [-0.39, 0.29) is 11.6 Å². The summed E-state index contributed by atoms with van der Waals surface area (Å²) in [7, 11) is 0. The third-order valence-corrected chi connectivity index (χ3v) is 3.39. The number of aromatic nitrogens is 1. The van der Waals surface area contributed by atoms with Crippen LogP contribution in [0.3, 0.4) is 0 Å². The van der Waals surface area contributed by atoms with Crippen LogP contribution in [-0.2, 0) is 6.54 Å². The molecule has 0 aliphatic rings. The second-order valence-electron chi connectivity index (χ2n) is 4.17. The Labute approximate surface area is 108 Å². The third kappa shape index (κ3) is 2.58. The Balaban J connectivity index is 2.51. The third-order valence-electron chi connectivity index (χ3n) is 2.89. The van der Waals surface area contributed by atoms with Gasteiger partial charge in [0.1, 0.15) is 0 Å². The van der Waals surface area contributed by atoms with E-state index in [2.05, 4.69) is 15.9 Å². The summed E-state index contributed by atoms with van der Waals surface area (Å²) < 4.78 is 2.66. The van der Waals surface area contributed by atoms with E-state index in [1.54, 1.807) is 4.57 Å². The SMILES string of the molecule is CCC(N)Cn1ccc2cc(Br)ccc2c1=O. The fourth-order valence-electron chi connectivity index (χ4n) is 1.78. The van der Waals surface area contributed by atoms with Gasteiger partial charge in [0, 0.05) is 28.6 Å². The quantitative estimate of drug-likeness (QED) is 0.945. The Bertz CT molecular complexity index is 591. The second kappa shape index (κ2) is 5.02. The summed E-state index contributed by atoms with van der Waals surface area (Å²) in [5.74, 6) is 0. The number of rotatable bonds is 3. The van der Waals surface area contributed by atoms with Crippen LogP contribution in [0.15, 0.2) is 39.7 Å². The van der Waals surface area contributed by atoms with Crippen LogP contribution >= 0.6 is 15.9 Å². The lowest BCUT2D eigenvalue weighted by atomic mass is 10.1. The first-order valence-electron chi connectivity index (χ1n) is 5.66. The molecule has 0 fully saturated rings. The summed E-state index contributed by atoms with van der Waals surface area (Å²) in [4.78, 5) is 12.2. The highest BCUT2D eigenvalue weighted by Gasteiger charge is 2.06. The summed E-state index contributed by atoms with van der Waals surface area (Å²) >= 11 is 3.40. The molecule has 1 heterocycles. The lowest BCUT2D eigenvalue weighted by Crippen LogP contribution is -2.31. The molecule has 2 N–H and O–H groups in total. The molecule has 0 saturated heterocycles. The van der Waals surface area contributed by atoms with Crippen molar-refractivity contribution in [3.63, 3.8) is 0 Å². The molecule has 90 valence electrons. The maximum absolute atomic E-state index is 12.2. The summed E-state index contributed by atoms with van der Waals surface area (Å²) in [6.07, 6.45) is 2.68. The van der Waals surface area contributed by atoms with Crippen LogP contribution in [0.4, 0.5) is 0 Å². The lowest BCUT2D eigenvalue weighted by Gasteiger charge is -2.12. The molecule has 2 aromatic rings. The average Bonchev–Trinajstić information content (AvgIpc) is 2.32. The Morgan fingerprint density at radius 2 is 2.18 bits per heavy atom. The maximum atomic E-state index is 12.2. The van der Waals surface area contributed by atoms with Crippen molar-refractivity contribution in [3.8, 4) is 0 Å². The molecule has 1 unspecified atom stereocenters. The van der Waals surface area contributed by atoms with Crippen molar-refractivity contribution in [2.24, 2.45) is 5.73 Å². The number of pyridine rings is 1. The van der Waals surface area contributed by atoms with Crippen molar-refractivity contribution in [3.05, 3.63) is 45.3 Å². The standard InChI is InChI=1S/C13H15BrN2O/c1-2-11(15)8-16-6-5-9-7-10(14)3-4-12(9)13(16)17/h3-7,11H,2,8,15H2,1H3. The van der Waals surface area contributed by atoms with Crippen LogP contribution in [0, 0.1) is 0 Å². The van der Waals surface area contributed by atoms with Gasteiger partial charge in [-0.1, -0.05) is 22.9 Å². The molecule has 0 amide bonds. The van der Waals surface area contributed by atoms with E-state index in [1.807, 2.05) is 37.4 Å². The minimum Gasteiger partial charge on any atom is -0.326 e. The van der Waals surface area contributed by atoms with Crippen molar-refractivity contribution in [1.82, 2.24) is 4.57 Å². The number of halogens is 1. The van der Waals surface area contributed by atoms with Gasteiger partial charge >= 0.3 is 0 Å². The Hall–Kier alpha value is -1.13. The molecule has 1 atom stereocenters. The average molecular weight is 295 g/mol. The predicted octanol–water partition coefficient (Wildman–Crippen LogP) is 2.50. The van der Waals surface area contributed by atoms with Gasteiger partial charge in [0.2, 0.25) is 0 Å². The molecule has 0 bridgehead atoms. The van der Waals surface area contributed by atoms with E-state index in [9.17, 15) is 4.79 Å². The van der Waals surface area contributed by atoms with Crippen molar-refractivity contribution in [1.29, 1.82) is 0 Å². The van der Waals surface area contributed by atoms with Gasteiger partial charge < -0.3 is 10.3 Å². The summed E-state index contributed by atoms with van der Waals surface area (Å²) in [6.45, 7) is 2.59. The van der Waals surface area contributed by atoms with Gasteiger partial charge in [-0.3, -0.25) is 4.79 Å². The number of hydrogen-bond acceptors (Lipinski definition) is 2. The van der Waals surface area contributed by atoms with Gasteiger partial charge in [-0.25, -0.2) is 0 Å². The first-order valence-corrected chi connectivity index (χ1v) is 6.45. The van der Waals surface area contributed by atoms with E-state index in [0.29, 0.717) is 6.54 Å². The van der Waals surface area contributed by atoms with Gasteiger partial charge in [0.15, 0.2) is 0 Å². The van der Waals surface area contributed by atoms with E-state index in [1.165, 1.54) is 0 Å². The van der Waals surface area contributed by atoms with E-state index in [4.69, 9.17) is 5.73 Å². The van der Waals surface area contributed by atoms with Crippen LogP contribution < -0.4 is 11.3 Å². The zero-order valence-electron chi connectivity index (χ0n) is 9.69. The minimum absolute atomic E-state index is 0.0268. The molecular formula is C13H15BrN2O. The molecule has 1 aromatic carbocycles. The maximum Gasteiger partial charge on any atom is 0.258 e. The van der Waals surface area contributed by atoms with Gasteiger partial charge in [-0.15, -0.1) is 0 Å². The van der Waals surface area contributed by atoms with Crippen molar-refractivity contribution >= 4 is 26.7 Å². The minimum atomic E-state index is 0.0268. The van der Waals surface area contributed by atoms with Gasteiger partial charge in [-0.05, 0) is 36.1 Å². The fraction of sp³-hybridized carbons (Fsp3) is 0.308. The number of benzene rings is 1. The fourth-order valence-corrected chi connectivity index (χ4v) is 2.16. The molecule has 4 heteroatoms. The van der Waals surface area contributed by atoms with Gasteiger partial charge in [0.25, 0.3) is 5.56 Å². The Kier molecular flexibility index (Phi) is 3.64. The van der Waals surface area contributed by atoms with Crippen molar-refractivity contribution in [2.45, 2.75) is 25.9 Å². The zero-order chi connectivity index (χ0) is 12.4. The molecule has 2 rings (SSSR count). The lowest BCUT2D eigenvalue weighted by molar-refractivity contribution is 0.529. The Morgan fingerprint density at radius 3 is 2.88 bits per heavy atom. The summed E-state index contributed by atoms with van der Waals surface area (Å²) in [5, 5.41) is 1.68. The highest BCUT2D eigenvalue weighted by molar-refractivity contribution is 9.10. The van der Waals surface area contributed by atoms with Gasteiger partial charge in [-0.2, -0.15) is 0 Å². The molecule has 0 aliphatic carbocycles. The topological polar surface area (TPSA) is 48.0 Å². The molecule has 0 spiro atoms. The first-order chi connectivity index (χ1) is 8.11. The molecule has 1 aromatic heterocycles. The molecule has 0 saturated carbocycles. The number of fused-ring (bicyclic) bond motifs is 1. The van der Waals surface area contributed by atoms with Crippen LogP contribution in [0.5, 0.6) is 0 Å². The van der Waals surface area contributed by atoms with E-state index >= 15 is 0 Å². The number of hydrogen-bond donors (Lipinski definition) is 1. The smallest absolute Gasteiger partial charge is 0.258 e. The van der Waals surface area contributed by atoms with Crippen LogP contribution in [0.25, 0.3) is 10.8 Å². The molecule has 0 aliphatic heterocycles. The Morgan fingerprint density at radius 1 is 1.41 bits per heavy atom. The van der Waals surface area contributed by atoms with Crippen LogP contribution in [0.2, 0.25) is 0 Å². The van der Waals surface area contributed by atoms with Gasteiger partial charge in [0.05, 0.1) is 0 Å². The predicted molar refractivity (Wildman–Crippen MR) is 74.2 cm³/mol. The number of nitrogens with zero attached hydrogens (tertiary/aromatic N) is 1. The van der Waals surface area contributed by atoms with Crippen molar-refractivity contribution in [2.75, 3.05) is 0 Å². The molecule has 0 radical (unpaired) electrons. The summed E-state index contributed by atoms with van der Waals surface area (Å²) in [6, 6.07) is 7.65. The highest BCUT2D eigenvalue weighted by Crippen LogP contribution is 2.16. The normalized spacial score (nSPS) is 12.9. The molecule has 17 heavy (non-hydrogen) atoms.